The Morgan fingerprint density at radius 1 is 1.05 bits per heavy atom. The minimum absolute atomic E-state index is 0.167. The summed E-state index contributed by atoms with van der Waals surface area (Å²) in [6.07, 6.45) is 0.167. The molecule has 1 amide bonds. The Balaban J connectivity index is 1.85. The number of ether oxygens (including phenoxy) is 1. The molecule has 2 aromatic carbocycles. The number of carbonyl (C=O) groups excluding carboxylic acids is 1. The average Bonchev–Trinajstić information content (AvgIpc) is 2.41. The van der Waals surface area contributed by atoms with Gasteiger partial charge in [-0.2, -0.15) is 0 Å². The lowest BCUT2D eigenvalue weighted by Gasteiger charge is -2.09. The fourth-order valence-corrected chi connectivity index (χ4v) is 2.21. The molecular weight excluding hydrogens is 281 g/mol. The summed E-state index contributed by atoms with van der Waals surface area (Å²) in [5, 5.41) is 2.55. The van der Waals surface area contributed by atoms with Crippen LogP contribution in [0.1, 0.15) is 23.1 Å². The van der Waals surface area contributed by atoms with Crippen molar-refractivity contribution in [1.29, 1.82) is 0 Å². The SMILES string of the molecule is Cc1cc(C)cc(OCCC(=O)Nc2ccc(C)cc2F)c1. The Morgan fingerprint density at radius 3 is 2.36 bits per heavy atom. The molecule has 2 rings (SSSR count). The molecule has 0 aliphatic carbocycles. The van der Waals surface area contributed by atoms with E-state index in [2.05, 4.69) is 11.4 Å². The molecule has 0 aliphatic rings. The number of nitrogens with one attached hydrogen (secondary N) is 1. The normalized spacial score (nSPS) is 10.4. The van der Waals surface area contributed by atoms with Crippen molar-refractivity contribution in [3.05, 3.63) is 58.9 Å². The van der Waals surface area contributed by atoms with E-state index in [0.29, 0.717) is 0 Å². The van der Waals surface area contributed by atoms with Crippen molar-refractivity contribution in [3.8, 4) is 5.75 Å². The summed E-state index contributed by atoms with van der Waals surface area (Å²) in [6, 6.07) is 10.6. The summed E-state index contributed by atoms with van der Waals surface area (Å²) in [4.78, 5) is 11.8. The van der Waals surface area contributed by atoms with Crippen molar-refractivity contribution in [2.24, 2.45) is 0 Å². The van der Waals surface area contributed by atoms with Gasteiger partial charge in [-0.05, 0) is 61.7 Å². The van der Waals surface area contributed by atoms with Crippen LogP contribution in [-0.2, 0) is 4.79 Å². The van der Waals surface area contributed by atoms with E-state index >= 15 is 0 Å². The van der Waals surface area contributed by atoms with Gasteiger partial charge in [-0.1, -0.05) is 12.1 Å². The second-order valence-corrected chi connectivity index (χ2v) is 5.45. The molecule has 4 heteroatoms. The van der Waals surface area contributed by atoms with Gasteiger partial charge < -0.3 is 10.1 Å². The molecule has 0 unspecified atom stereocenters. The van der Waals surface area contributed by atoms with E-state index in [-0.39, 0.29) is 24.6 Å². The molecule has 2 aromatic rings. The van der Waals surface area contributed by atoms with Gasteiger partial charge >= 0.3 is 0 Å². The number of halogens is 1. The van der Waals surface area contributed by atoms with Crippen molar-refractivity contribution in [2.45, 2.75) is 27.2 Å². The van der Waals surface area contributed by atoms with Gasteiger partial charge in [0.05, 0.1) is 18.7 Å². The standard InChI is InChI=1S/C18H20FNO2/c1-12-4-5-17(16(19)11-12)20-18(21)6-7-22-15-9-13(2)8-14(3)10-15/h4-5,8-11H,6-7H2,1-3H3,(H,20,21). The van der Waals surface area contributed by atoms with Crippen LogP contribution in [0.2, 0.25) is 0 Å². The molecule has 116 valence electrons. The largest absolute Gasteiger partial charge is 0.493 e. The first kappa shape index (κ1) is 16.0. The Labute approximate surface area is 130 Å². The topological polar surface area (TPSA) is 38.3 Å². The van der Waals surface area contributed by atoms with Crippen molar-refractivity contribution in [1.82, 2.24) is 0 Å². The lowest BCUT2D eigenvalue weighted by Crippen LogP contribution is -2.16. The van der Waals surface area contributed by atoms with Gasteiger partial charge in [0.1, 0.15) is 11.6 Å². The van der Waals surface area contributed by atoms with Gasteiger partial charge in [-0.15, -0.1) is 0 Å². The lowest BCUT2D eigenvalue weighted by atomic mass is 10.1. The number of carbonyl (C=O) groups is 1. The molecule has 1 N–H and O–H groups in total. The van der Waals surface area contributed by atoms with Gasteiger partial charge in [-0.3, -0.25) is 4.79 Å². The van der Waals surface area contributed by atoms with Crippen molar-refractivity contribution in [3.63, 3.8) is 0 Å². The van der Waals surface area contributed by atoms with Crippen LogP contribution in [0.4, 0.5) is 10.1 Å². The molecule has 0 spiro atoms. The number of amides is 1. The summed E-state index contributed by atoms with van der Waals surface area (Å²) in [7, 11) is 0. The van der Waals surface area contributed by atoms with Crippen LogP contribution < -0.4 is 10.1 Å². The molecule has 0 atom stereocenters. The van der Waals surface area contributed by atoms with E-state index in [9.17, 15) is 9.18 Å². The smallest absolute Gasteiger partial charge is 0.227 e. The second kappa shape index (κ2) is 7.07. The molecule has 0 saturated carbocycles. The van der Waals surface area contributed by atoms with Crippen molar-refractivity contribution < 1.29 is 13.9 Å². The van der Waals surface area contributed by atoms with E-state index in [1.807, 2.05) is 26.0 Å². The number of rotatable bonds is 5. The Hall–Kier alpha value is -2.36. The summed E-state index contributed by atoms with van der Waals surface area (Å²) >= 11 is 0. The van der Waals surface area contributed by atoms with E-state index < -0.39 is 5.82 Å². The molecule has 0 saturated heterocycles. The van der Waals surface area contributed by atoms with Gasteiger partial charge in [0, 0.05) is 0 Å². The maximum atomic E-state index is 13.6. The summed E-state index contributed by atoms with van der Waals surface area (Å²) in [5.74, 6) is 0.0440. The highest BCUT2D eigenvalue weighted by atomic mass is 19.1. The first-order valence-corrected chi connectivity index (χ1v) is 7.21. The molecular formula is C18H20FNO2. The average molecular weight is 301 g/mol. The van der Waals surface area contributed by atoms with Crippen LogP contribution in [0.3, 0.4) is 0 Å². The van der Waals surface area contributed by atoms with Crippen LogP contribution in [-0.4, -0.2) is 12.5 Å². The number of hydrogen-bond donors (Lipinski definition) is 1. The first-order chi connectivity index (χ1) is 10.4. The zero-order valence-corrected chi connectivity index (χ0v) is 13.1. The van der Waals surface area contributed by atoms with Crippen LogP contribution in [0.5, 0.6) is 5.75 Å². The minimum atomic E-state index is -0.427. The molecule has 22 heavy (non-hydrogen) atoms. The minimum Gasteiger partial charge on any atom is -0.493 e. The zero-order chi connectivity index (χ0) is 16.1. The fraction of sp³-hybridized carbons (Fsp3) is 0.278. The third-order valence-corrected chi connectivity index (χ3v) is 3.19. The molecule has 3 nitrogen and oxygen atoms in total. The zero-order valence-electron chi connectivity index (χ0n) is 13.1. The maximum absolute atomic E-state index is 13.6. The van der Waals surface area contributed by atoms with Gasteiger partial charge in [-0.25, -0.2) is 4.39 Å². The van der Waals surface area contributed by atoms with E-state index in [4.69, 9.17) is 4.74 Å². The third kappa shape index (κ3) is 4.58. The predicted molar refractivity (Wildman–Crippen MR) is 85.8 cm³/mol. The highest BCUT2D eigenvalue weighted by molar-refractivity contribution is 5.90. The van der Waals surface area contributed by atoms with E-state index in [0.717, 1.165) is 22.4 Å². The summed E-state index contributed by atoms with van der Waals surface area (Å²) in [5.41, 5.74) is 3.23. The van der Waals surface area contributed by atoms with Gasteiger partial charge in [0.2, 0.25) is 5.91 Å². The van der Waals surface area contributed by atoms with Crippen molar-refractivity contribution >= 4 is 11.6 Å². The Bertz CT molecular complexity index is 663. The molecule has 0 radical (unpaired) electrons. The second-order valence-electron chi connectivity index (χ2n) is 5.45. The molecule has 0 fully saturated rings. The lowest BCUT2D eigenvalue weighted by molar-refractivity contribution is -0.116. The Kier molecular flexibility index (Phi) is 5.15. The number of aryl methyl sites for hydroxylation is 3. The third-order valence-electron chi connectivity index (χ3n) is 3.19. The van der Waals surface area contributed by atoms with Gasteiger partial charge in [0.15, 0.2) is 0 Å². The maximum Gasteiger partial charge on any atom is 0.227 e. The number of hydrogen-bond acceptors (Lipinski definition) is 2. The molecule has 0 aromatic heterocycles. The molecule has 0 bridgehead atoms. The number of benzene rings is 2. The van der Waals surface area contributed by atoms with E-state index in [1.165, 1.54) is 6.07 Å². The summed E-state index contributed by atoms with van der Waals surface area (Å²) in [6.45, 7) is 6.04. The number of anilines is 1. The highest BCUT2D eigenvalue weighted by Crippen LogP contribution is 2.17. The van der Waals surface area contributed by atoms with Crippen LogP contribution >= 0.6 is 0 Å². The molecule has 0 heterocycles. The predicted octanol–water partition coefficient (Wildman–Crippen LogP) is 4.16. The highest BCUT2D eigenvalue weighted by Gasteiger charge is 2.07. The fourth-order valence-electron chi connectivity index (χ4n) is 2.21. The quantitative estimate of drug-likeness (QED) is 0.900. The monoisotopic (exact) mass is 301 g/mol. The Morgan fingerprint density at radius 2 is 1.73 bits per heavy atom. The van der Waals surface area contributed by atoms with Crippen LogP contribution in [0.25, 0.3) is 0 Å². The van der Waals surface area contributed by atoms with Gasteiger partial charge in [0.25, 0.3) is 0 Å². The molecule has 0 aliphatic heterocycles. The summed E-state index contributed by atoms with van der Waals surface area (Å²) < 4.78 is 19.2. The van der Waals surface area contributed by atoms with Crippen LogP contribution in [0.15, 0.2) is 36.4 Å². The van der Waals surface area contributed by atoms with E-state index in [1.54, 1.807) is 19.1 Å². The first-order valence-electron chi connectivity index (χ1n) is 7.21. The van der Waals surface area contributed by atoms with Crippen LogP contribution in [0, 0.1) is 26.6 Å². The van der Waals surface area contributed by atoms with Crippen molar-refractivity contribution in [2.75, 3.05) is 11.9 Å².